The van der Waals surface area contributed by atoms with E-state index >= 15 is 0 Å². The van der Waals surface area contributed by atoms with Crippen molar-refractivity contribution in [2.75, 3.05) is 13.2 Å². The summed E-state index contributed by atoms with van der Waals surface area (Å²) >= 11 is 0. The molecule has 0 bridgehead atoms. The Morgan fingerprint density at radius 2 is 1.82 bits per heavy atom. The number of carbonyl (C=O) groups excluding carboxylic acids is 1. The van der Waals surface area contributed by atoms with Gasteiger partial charge in [-0.15, -0.1) is 0 Å². The van der Waals surface area contributed by atoms with Crippen molar-refractivity contribution in [1.82, 2.24) is 5.32 Å². The summed E-state index contributed by atoms with van der Waals surface area (Å²) in [5.41, 5.74) is 0.303. The van der Waals surface area contributed by atoms with E-state index in [9.17, 15) is 18.0 Å². The Balaban J connectivity index is 1.75. The second-order valence-electron chi connectivity index (χ2n) is 4.55. The molecular formula is C16H14F3NO2. The molecule has 0 fully saturated rings. The Hall–Kier alpha value is -2.50. The van der Waals surface area contributed by atoms with Gasteiger partial charge in [-0.3, -0.25) is 4.79 Å². The van der Waals surface area contributed by atoms with Crippen LogP contribution in [-0.2, 0) is 11.2 Å². The summed E-state index contributed by atoms with van der Waals surface area (Å²) in [6, 6.07) is 9.01. The third-order valence-corrected chi connectivity index (χ3v) is 2.93. The van der Waals surface area contributed by atoms with Gasteiger partial charge in [0, 0.05) is 12.6 Å². The van der Waals surface area contributed by atoms with E-state index < -0.39 is 23.4 Å². The number of benzene rings is 2. The Morgan fingerprint density at radius 3 is 2.55 bits per heavy atom. The molecule has 0 aliphatic carbocycles. The lowest BCUT2D eigenvalue weighted by molar-refractivity contribution is -0.123. The van der Waals surface area contributed by atoms with Crippen LogP contribution in [0.25, 0.3) is 0 Å². The summed E-state index contributed by atoms with van der Waals surface area (Å²) in [4.78, 5) is 11.5. The molecule has 1 N–H and O–H groups in total. The molecule has 0 aromatic heterocycles. The number of carbonyl (C=O) groups is 1. The number of hydrogen-bond acceptors (Lipinski definition) is 2. The first kappa shape index (κ1) is 15.9. The first-order valence-electron chi connectivity index (χ1n) is 6.64. The van der Waals surface area contributed by atoms with E-state index in [1.54, 1.807) is 6.07 Å². The summed E-state index contributed by atoms with van der Waals surface area (Å²) in [6.45, 7) is -0.172. The van der Waals surface area contributed by atoms with E-state index in [4.69, 9.17) is 4.74 Å². The Kier molecular flexibility index (Phi) is 5.41. The highest BCUT2D eigenvalue weighted by Crippen LogP contribution is 2.15. The topological polar surface area (TPSA) is 38.3 Å². The van der Waals surface area contributed by atoms with Crippen molar-refractivity contribution < 1.29 is 22.7 Å². The molecule has 0 unspecified atom stereocenters. The molecule has 0 aliphatic heterocycles. The molecule has 0 atom stereocenters. The zero-order chi connectivity index (χ0) is 15.9. The molecule has 0 saturated heterocycles. The van der Waals surface area contributed by atoms with Crippen molar-refractivity contribution >= 4 is 5.91 Å². The largest absolute Gasteiger partial charge is 0.481 e. The fraction of sp³-hybridized carbons (Fsp3) is 0.188. The van der Waals surface area contributed by atoms with Gasteiger partial charge >= 0.3 is 0 Å². The van der Waals surface area contributed by atoms with Gasteiger partial charge in [0.15, 0.2) is 18.2 Å². The molecular weight excluding hydrogens is 295 g/mol. The number of amides is 1. The molecule has 0 heterocycles. The van der Waals surface area contributed by atoms with Crippen molar-refractivity contribution in [3.8, 4) is 5.75 Å². The summed E-state index contributed by atoms with van der Waals surface area (Å²) < 4.78 is 44.4. The third kappa shape index (κ3) is 4.51. The van der Waals surface area contributed by atoms with Gasteiger partial charge in [-0.1, -0.05) is 18.2 Å². The number of hydrogen-bond donors (Lipinski definition) is 1. The highest BCUT2D eigenvalue weighted by atomic mass is 19.1. The van der Waals surface area contributed by atoms with Gasteiger partial charge in [0.2, 0.25) is 0 Å². The van der Waals surface area contributed by atoms with Crippen LogP contribution >= 0.6 is 0 Å². The monoisotopic (exact) mass is 309 g/mol. The van der Waals surface area contributed by atoms with E-state index in [-0.39, 0.29) is 25.3 Å². The Bertz CT molecular complexity index is 662. The van der Waals surface area contributed by atoms with E-state index in [1.807, 2.05) is 0 Å². The van der Waals surface area contributed by atoms with Gasteiger partial charge in [0.05, 0.1) is 0 Å². The molecule has 1 amide bonds. The number of rotatable bonds is 6. The highest BCUT2D eigenvalue weighted by molar-refractivity contribution is 5.77. The average Bonchev–Trinajstić information content (AvgIpc) is 2.49. The van der Waals surface area contributed by atoms with Crippen LogP contribution in [0.5, 0.6) is 5.75 Å². The molecule has 0 radical (unpaired) electrons. The minimum atomic E-state index is -0.656. The molecule has 3 nitrogen and oxygen atoms in total. The van der Waals surface area contributed by atoms with Crippen LogP contribution < -0.4 is 10.1 Å². The molecule has 6 heteroatoms. The minimum Gasteiger partial charge on any atom is -0.481 e. The van der Waals surface area contributed by atoms with Crippen LogP contribution in [-0.4, -0.2) is 19.1 Å². The summed E-state index contributed by atoms with van der Waals surface area (Å²) in [7, 11) is 0. The predicted octanol–water partition coefficient (Wildman–Crippen LogP) is 2.84. The summed E-state index contributed by atoms with van der Waals surface area (Å²) in [5, 5.41) is 2.52. The molecule has 0 saturated carbocycles. The maximum absolute atomic E-state index is 13.4. The van der Waals surface area contributed by atoms with Crippen molar-refractivity contribution in [3.63, 3.8) is 0 Å². The lowest BCUT2D eigenvalue weighted by atomic mass is 10.1. The maximum atomic E-state index is 13.4. The smallest absolute Gasteiger partial charge is 0.257 e. The van der Waals surface area contributed by atoms with E-state index in [0.29, 0.717) is 5.56 Å². The predicted molar refractivity (Wildman–Crippen MR) is 75.0 cm³/mol. The normalized spacial score (nSPS) is 10.3. The first-order valence-corrected chi connectivity index (χ1v) is 6.64. The van der Waals surface area contributed by atoms with Gasteiger partial charge in [-0.2, -0.15) is 0 Å². The van der Waals surface area contributed by atoms with Crippen LogP contribution in [0.15, 0.2) is 42.5 Å². The fourth-order valence-corrected chi connectivity index (χ4v) is 1.82. The van der Waals surface area contributed by atoms with Gasteiger partial charge in [-0.25, -0.2) is 13.2 Å². The lowest BCUT2D eigenvalue weighted by Crippen LogP contribution is -2.30. The molecule has 0 aliphatic rings. The Morgan fingerprint density at radius 1 is 1.05 bits per heavy atom. The molecule has 22 heavy (non-hydrogen) atoms. The van der Waals surface area contributed by atoms with Gasteiger partial charge in [-0.05, 0) is 30.2 Å². The number of ether oxygens (including phenoxy) is 1. The second-order valence-corrected chi connectivity index (χ2v) is 4.55. The molecule has 2 aromatic carbocycles. The van der Waals surface area contributed by atoms with Crippen LogP contribution in [0.1, 0.15) is 5.56 Å². The minimum absolute atomic E-state index is 0.0118. The average molecular weight is 309 g/mol. The van der Waals surface area contributed by atoms with E-state index in [1.165, 1.54) is 24.3 Å². The van der Waals surface area contributed by atoms with Crippen molar-refractivity contribution in [2.24, 2.45) is 0 Å². The summed E-state index contributed by atoms with van der Waals surface area (Å²) in [6.07, 6.45) is 0.220. The van der Waals surface area contributed by atoms with Crippen LogP contribution in [0.4, 0.5) is 13.2 Å². The van der Waals surface area contributed by atoms with Crippen LogP contribution in [0.3, 0.4) is 0 Å². The van der Waals surface area contributed by atoms with Crippen LogP contribution in [0.2, 0.25) is 0 Å². The van der Waals surface area contributed by atoms with Crippen molar-refractivity contribution in [1.29, 1.82) is 0 Å². The molecule has 2 aromatic rings. The molecule has 116 valence electrons. The van der Waals surface area contributed by atoms with Crippen molar-refractivity contribution in [2.45, 2.75) is 6.42 Å². The standard InChI is InChI=1S/C16H14F3NO2/c17-12-6-5-11(14(19)9-12)7-8-20-16(21)10-22-15-4-2-1-3-13(15)18/h1-6,9H,7-8,10H2,(H,20,21). The van der Waals surface area contributed by atoms with E-state index in [0.717, 1.165) is 12.1 Å². The molecule has 0 spiro atoms. The zero-order valence-corrected chi connectivity index (χ0v) is 11.6. The number of halogens is 3. The molecule has 2 rings (SSSR count). The van der Waals surface area contributed by atoms with Gasteiger partial charge < -0.3 is 10.1 Å². The maximum Gasteiger partial charge on any atom is 0.257 e. The highest BCUT2D eigenvalue weighted by Gasteiger charge is 2.07. The van der Waals surface area contributed by atoms with Crippen molar-refractivity contribution in [3.05, 3.63) is 65.5 Å². The summed E-state index contributed by atoms with van der Waals surface area (Å²) in [5.74, 6) is -2.32. The first-order chi connectivity index (χ1) is 10.6. The fourth-order valence-electron chi connectivity index (χ4n) is 1.82. The Labute approximate surface area is 125 Å². The van der Waals surface area contributed by atoms with Gasteiger partial charge in [0.25, 0.3) is 5.91 Å². The van der Waals surface area contributed by atoms with Crippen LogP contribution in [0, 0.1) is 17.5 Å². The zero-order valence-electron chi connectivity index (χ0n) is 11.6. The number of para-hydroxylation sites is 1. The quantitative estimate of drug-likeness (QED) is 0.891. The lowest BCUT2D eigenvalue weighted by Gasteiger charge is -2.08. The second kappa shape index (κ2) is 7.49. The van der Waals surface area contributed by atoms with E-state index in [2.05, 4.69) is 5.32 Å². The van der Waals surface area contributed by atoms with Gasteiger partial charge in [0.1, 0.15) is 11.6 Å². The third-order valence-electron chi connectivity index (χ3n) is 2.93. The number of nitrogens with one attached hydrogen (secondary N) is 1. The SMILES string of the molecule is O=C(COc1ccccc1F)NCCc1ccc(F)cc1F.